The number of ether oxygens (including phenoxy) is 3. The van der Waals surface area contributed by atoms with Crippen molar-refractivity contribution >= 4 is 41.3 Å². The fraction of sp³-hybridized carbons (Fsp3) is 0.143. The molecular weight excluding hydrogens is 583 g/mol. The highest BCUT2D eigenvalue weighted by Gasteiger charge is 2.12. The van der Waals surface area contributed by atoms with E-state index in [9.17, 15) is 4.79 Å². The van der Waals surface area contributed by atoms with Crippen LogP contribution < -0.4 is 9.47 Å². The zero-order valence-corrected chi connectivity index (χ0v) is 25.5. The zero-order valence-electron chi connectivity index (χ0n) is 24.0. The van der Waals surface area contributed by atoms with Crippen LogP contribution >= 0.6 is 23.2 Å². The average molecular weight is 614 g/mol. The molecular formula is C35H30Cl2N2O4. The molecule has 0 aliphatic carbocycles. The molecule has 0 fully saturated rings. The number of carbonyl (C=O) groups excluding carboxylic acids is 1. The summed E-state index contributed by atoms with van der Waals surface area (Å²) in [6, 6.07) is 26.6. The van der Waals surface area contributed by atoms with Crippen LogP contribution in [-0.2, 0) is 17.9 Å². The zero-order chi connectivity index (χ0) is 30.3. The van der Waals surface area contributed by atoms with Crippen LogP contribution in [0.15, 0.2) is 91.1 Å². The number of nitrogens with zero attached hydrogens (tertiary/aromatic N) is 2. The maximum atomic E-state index is 11.6. The van der Waals surface area contributed by atoms with Gasteiger partial charge in [-0.2, -0.15) is 0 Å². The minimum Gasteiger partial charge on any atom is -0.496 e. The lowest BCUT2D eigenvalue weighted by Gasteiger charge is -2.10. The van der Waals surface area contributed by atoms with Crippen molar-refractivity contribution < 1.29 is 19.0 Å². The number of aryl methyl sites for hydroxylation is 1. The molecule has 5 rings (SSSR count). The van der Waals surface area contributed by atoms with Crippen LogP contribution in [0.5, 0.6) is 11.5 Å². The van der Waals surface area contributed by atoms with Gasteiger partial charge in [0.15, 0.2) is 0 Å². The number of esters is 1. The van der Waals surface area contributed by atoms with Crippen molar-refractivity contribution in [3.8, 4) is 33.9 Å². The Bertz CT molecular complexity index is 1760. The van der Waals surface area contributed by atoms with Crippen LogP contribution in [0.3, 0.4) is 0 Å². The van der Waals surface area contributed by atoms with Crippen molar-refractivity contribution in [2.75, 3.05) is 14.2 Å². The third kappa shape index (κ3) is 7.11. The smallest absolute Gasteiger partial charge is 0.337 e. The Morgan fingerprint density at radius 1 is 0.884 bits per heavy atom. The highest BCUT2D eigenvalue weighted by molar-refractivity contribution is 6.36. The molecule has 0 radical (unpaired) electrons. The quantitative estimate of drug-likeness (QED) is 0.147. The molecule has 0 N–H and O–H groups in total. The summed E-state index contributed by atoms with van der Waals surface area (Å²) in [4.78, 5) is 16.5. The van der Waals surface area contributed by atoms with Crippen LogP contribution in [0.1, 0.15) is 34.2 Å². The van der Waals surface area contributed by atoms with Crippen molar-refractivity contribution in [2.45, 2.75) is 20.1 Å². The van der Waals surface area contributed by atoms with E-state index in [4.69, 9.17) is 42.4 Å². The van der Waals surface area contributed by atoms with Crippen molar-refractivity contribution in [3.05, 3.63) is 124 Å². The summed E-state index contributed by atoms with van der Waals surface area (Å²) in [7, 11) is 3.03. The molecule has 8 heteroatoms. The molecule has 0 aliphatic heterocycles. The molecule has 0 saturated carbocycles. The Morgan fingerprint density at radius 2 is 1.63 bits per heavy atom. The lowest BCUT2D eigenvalue weighted by atomic mass is 10.0. The Hall–Kier alpha value is -4.52. The molecule has 4 aromatic carbocycles. The Balaban J connectivity index is 1.32. The summed E-state index contributed by atoms with van der Waals surface area (Å²) in [5, 5.41) is 1.14. The van der Waals surface area contributed by atoms with E-state index < -0.39 is 0 Å². The van der Waals surface area contributed by atoms with Gasteiger partial charge in [0.2, 0.25) is 0 Å². The standard InChI is InChI=1S/C35H30Cl2N2O4/c1-4-39-21-32(30-16-13-28(36)20-31(30)37)38-34(39)18-12-27-19-26(11-17-33(27)41-2)24-9-14-29(15-10-24)43-22-23-5-7-25(8-6-23)35(40)42-3/h5-21H,4,22H2,1-3H3. The summed E-state index contributed by atoms with van der Waals surface area (Å²) < 4.78 is 18.4. The Labute approximate surface area is 261 Å². The summed E-state index contributed by atoms with van der Waals surface area (Å²) in [5.41, 5.74) is 6.08. The van der Waals surface area contributed by atoms with Gasteiger partial charge in [-0.15, -0.1) is 0 Å². The maximum absolute atomic E-state index is 11.6. The van der Waals surface area contributed by atoms with Gasteiger partial charge in [-0.05, 0) is 90.4 Å². The summed E-state index contributed by atoms with van der Waals surface area (Å²) in [5.74, 6) is 1.95. The number of methoxy groups -OCH3 is 2. The van der Waals surface area contributed by atoms with Crippen molar-refractivity contribution in [1.29, 1.82) is 0 Å². The highest BCUT2D eigenvalue weighted by Crippen LogP contribution is 2.32. The highest BCUT2D eigenvalue weighted by atomic mass is 35.5. The van der Waals surface area contributed by atoms with E-state index >= 15 is 0 Å². The number of carbonyl (C=O) groups is 1. The van der Waals surface area contributed by atoms with Gasteiger partial charge in [0.1, 0.15) is 23.9 Å². The first kappa shape index (κ1) is 30.0. The second-order valence-corrected chi connectivity index (χ2v) is 10.5. The van der Waals surface area contributed by atoms with Gasteiger partial charge in [-0.3, -0.25) is 0 Å². The number of rotatable bonds is 10. The fourth-order valence-electron chi connectivity index (χ4n) is 4.62. The van der Waals surface area contributed by atoms with E-state index in [2.05, 4.69) is 17.6 Å². The molecule has 0 aliphatic rings. The molecule has 218 valence electrons. The molecule has 43 heavy (non-hydrogen) atoms. The minimum absolute atomic E-state index is 0.360. The number of hydrogen-bond acceptors (Lipinski definition) is 5. The first-order valence-corrected chi connectivity index (χ1v) is 14.4. The van der Waals surface area contributed by atoms with Gasteiger partial charge in [-0.25, -0.2) is 9.78 Å². The first-order chi connectivity index (χ1) is 20.9. The van der Waals surface area contributed by atoms with Crippen molar-refractivity contribution in [1.82, 2.24) is 9.55 Å². The van der Waals surface area contributed by atoms with Crippen LogP contribution in [0, 0.1) is 0 Å². The minimum atomic E-state index is -0.360. The molecule has 0 saturated heterocycles. The molecule has 5 aromatic rings. The van der Waals surface area contributed by atoms with Crippen molar-refractivity contribution in [3.63, 3.8) is 0 Å². The molecule has 6 nitrogen and oxygen atoms in total. The second kappa shape index (κ2) is 13.6. The molecule has 0 atom stereocenters. The number of aromatic nitrogens is 2. The number of hydrogen-bond donors (Lipinski definition) is 0. The second-order valence-electron chi connectivity index (χ2n) is 9.69. The normalized spacial score (nSPS) is 11.1. The Kier molecular flexibility index (Phi) is 9.50. The largest absolute Gasteiger partial charge is 0.496 e. The predicted octanol–water partition coefficient (Wildman–Crippen LogP) is 9.09. The third-order valence-corrected chi connectivity index (χ3v) is 7.51. The lowest BCUT2D eigenvalue weighted by molar-refractivity contribution is 0.0600. The summed E-state index contributed by atoms with van der Waals surface area (Å²) in [6.45, 7) is 3.21. The van der Waals surface area contributed by atoms with Gasteiger partial charge >= 0.3 is 5.97 Å². The molecule has 0 bridgehead atoms. The van der Waals surface area contributed by atoms with Crippen molar-refractivity contribution in [2.24, 2.45) is 0 Å². The topological polar surface area (TPSA) is 62.6 Å². The van der Waals surface area contributed by atoms with E-state index in [1.165, 1.54) is 7.11 Å². The maximum Gasteiger partial charge on any atom is 0.337 e. The van der Waals surface area contributed by atoms with Gasteiger partial charge in [0, 0.05) is 28.9 Å². The van der Waals surface area contributed by atoms with E-state index in [0.29, 0.717) is 22.2 Å². The average Bonchev–Trinajstić information content (AvgIpc) is 3.45. The van der Waals surface area contributed by atoms with Crippen LogP contribution in [0.2, 0.25) is 10.0 Å². The molecule has 0 unspecified atom stereocenters. The molecule has 1 heterocycles. The number of benzene rings is 4. The van der Waals surface area contributed by atoms with Gasteiger partial charge in [-0.1, -0.05) is 53.5 Å². The van der Waals surface area contributed by atoms with Crippen LogP contribution in [-0.4, -0.2) is 29.7 Å². The number of halogens is 2. The van der Waals surface area contributed by atoms with Crippen LogP contribution in [0.4, 0.5) is 0 Å². The Morgan fingerprint density at radius 3 is 2.30 bits per heavy atom. The summed E-state index contributed by atoms with van der Waals surface area (Å²) >= 11 is 12.5. The van der Waals surface area contributed by atoms with Gasteiger partial charge in [0.05, 0.1) is 30.5 Å². The van der Waals surface area contributed by atoms with E-state index in [-0.39, 0.29) is 5.97 Å². The van der Waals surface area contributed by atoms with Gasteiger partial charge in [0.25, 0.3) is 0 Å². The fourth-order valence-corrected chi connectivity index (χ4v) is 5.12. The third-order valence-electron chi connectivity index (χ3n) is 6.97. The predicted molar refractivity (Wildman–Crippen MR) is 173 cm³/mol. The molecule has 1 aromatic heterocycles. The van der Waals surface area contributed by atoms with E-state index in [1.54, 1.807) is 25.3 Å². The van der Waals surface area contributed by atoms with E-state index in [1.807, 2.05) is 79.0 Å². The first-order valence-electron chi connectivity index (χ1n) is 13.7. The van der Waals surface area contributed by atoms with Crippen LogP contribution in [0.25, 0.3) is 34.5 Å². The number of imidazole rings is 1. The monoisotopic (exact) mass is 612 g/mol. The summed E-state index contributed by atoms with van der Waals surface area (Å²) in [6.07, 6.45) is 5.98. The SMILES string of the molecule is CCn1cc(-c2ccc(Cl)cc2Cl)nc1C=Cc1cc(-c2ccc(OCc3ccc(C(=O)OC)cc3)cc2)ccc1OC. The molecule has 0 spiro atoms. The lowest BCUT2D eigenvalue weighted by Crippen LogP contribution is -2.01. The van der Waals surface area contributed by atoms with Gasteiger partial charge < -0.3 is 18.8 Å². The molecule has 0 amide bonds. The van der Waals surface area contributed by atoms with E-state index in [0.717, 1.165) is 57.4 Å².